The Labute approximate surface area is 138 Å². The van der Waals surface area contributed by atoms with Crippen LogP contribution in [0.1, 0.15) is 32.4 Å². The third-order valence-electron chi connectivity index (χ3n) is 4.40. The van der Waals surface area contributed by atoms with Gasteiger partial charge >= 0.3 is 5.97 Å². The highest BCUT2D eigenvalue weighted by molar-refractivity contribution is 5.75. The molecule has 0 aromatic heterocycles. The Bertz CT molecular complexity index is 533. The van der Waals surface area contributed by atoms with E-state index in [1.54, 1.807) is 7.11 Å². The van der Waals surface area contributed by atoms with Crippen molar-refractivity contribution >= 4 is 5.97 Å². The molecule has 1 aromatic rings. The summed E-state index contributed by atoms with van der Waals surface area (Å²) in [6.45, 7) is 10.1. The minimum atomic E-state index is -0.803. The van der Waals surface area contributed by atoms with E-state index in [4.69, 9.17) is 4.74 Å². The average molecular weight is 320 g/mol. The van der Waals surface area contributed by atoms with E-state index in [0.717, 1.165) is 31.7 Å². The normalized spacial score (nSPS) is 21.3. The smallest absolute Gasteiger partial charge is 0.325 e. The van der Waals surface area contributed by atoms with Crippen molar-refractivity contribution in [3.8, 4) is 5.75 Å². The predicted molar refractivity (Wildman–Crippen MR) is 90.8 cm³/mol. The van der Waals surface area contributed by atoms with Gasteiger partial charge < -0.3 is 9.84 Å². The van der Waals surface area contributed by atoms with Gasteiger partial charge in [0.1, 0.15) is 11.8 Å². The topological polar surface area (TPSA) is 53.0 Å². The summed E-state index contributed by atoms with van der Waals surface area (Å²) in [4.78, 5) is 16.4. The number of aliphatic carboxylic acids is 1. The third kappa shape index (κ3) is 4.45. The van der Waals surface area contributed by atoms with Crippen molar-refractivity contribution in [1.29, 1.82) is 0 Å². The van der Waals surface area contributed by atoms with E-state index >= 15 is 0 Å². The molecule has 5 nitrogen and oxygen atoms in total. The zero-order valence-electron chi connectivity index (χ0n) is 14.5. The standard InChI is InChI=1S/C18H28N2O3/c1-13(2)11-19-8-9-20(12-14(19)3)17(18(21)22)15-6-5-7-16(10-15)23-4/h5-7,10,13-14,17H,8-9,11-12H2,1-4H3,(H,21,22). The number of methoxy groups -OCH3 is 1. The van der Waals surface area contributed by atoms with Gasteiger partial charge in [-0.1, -0.05) is 26.0 Å². The second-order valence-corrected chi connectivity index (χ2v) is 6.75. The number of rotatable bonds is 6. The van der Waals surface area contributed by atoms with Crippen molar-refractivity contribution < 1.29 is 14.6 Å². The van der Waals surface area contributed by atoms with E-state index in [0.29, 0.717) is 17.7 Å². The van der Waals surface area contributed by atoms with Crippen molar-refractivity contribution in [3.05, 3.63) is 29.8 Å². The number of hydrogen-bond acceptors (Lipinski definition) is 4. The summed E-state index contributed by atoms with van der Waals surface area (Å²) >= 11 is 0. The van der Waals surface area contributed by atoms with Crippen LogP contribution in [0.25, 0.3) is 0 Å². The van der Waals surface area contributed by atoms with Gasteiger partial charge in [-0.25, -0.2) is 0 Å². The largest absolute Gasteiger partial charge is 0.497 e. The molecule has 5 heteroatoms. The first-order valence-electron chi connectivity index (χ1n) is 8.27. The van der Waals surface area contributed by atoms with Crippen LogP contribution >= 0.6 is 0 Å². The molecule has 0 spiro atoms. The Morgan fingerprint density at radius 1 is 1.39 bits per heavy atom. The number of hydrogen-bond donors (Lipinski definition) is 1. The fourth-order valence-electron chi connectivity index (χ4n) is 3.32. The van der Waals surface area contributed by atoms with E-state index in [9.17, 15) is 9.90 Å². The summed E-state index contributed by atoms with van der Waals surface area (Å²) in [6.07, 6.45) is 0. The maximum atomic E-state index is 11.9. The fourth-order valence-corrected chi connectivity index (χ4v) is 3.32. The lowest BCUT2D eigenvalue weighted by Gasteiger charge is -2.42. The summed E-state index contributed by atoms with van der Waals surface area (Å²) < 4.78 is 5.23. The summed E-state index contributed by atoms with van der Waals surface area (Å²) in [5, 5.41) is 9.74. The van der Waals surface area contributed by atoms with Gasteiger partial charge in [-0.15, -0.1) is 0 Å². The molecule has 1 aliphatic heterocycles. The Morgan fingerprint density at radius 3 is 2.70 bits per heavy atom. The Morgan fingerprint density at radius 2 is 2.13 bits per heavy atom. The maximum Gasteiger partial charge on any atom is 0.325 e. The van der Waals surface area contributed by atoms with Gasteiger partial charge in [0.2, 0.25) is 0 Å². The van der Waals surface area contributed by atoms with E-state index in [2.05, 4.69) is 30.6 Å². The molecule has 0 saturated carbocycles. The third-order valence-corrected chi connectivity index (χ3v) is 4.40. The molecule has 1 N–H and O–H groups in total. The number of ether oxygens (including phenoxy) is 1. The van der Waals surface area contributed by atoms with Gasteiger partial charge in [-0.05, 0) is 30.5 Å². The molecule has 128 valence electrons. The van der Waals surface area contributed by atoms with E-state index in [1.807, 2.05) is 24.3 Å². The van der Waals surface area contributed by atoms with Gasteiger partial charge in [0.25, 0.3) is 0 Å². The van der Waals surface area contributed by atoms with Crippen LogP contribution < -0.4 is 4.74 Å². The highest BCUT2D eigenvalue weighted by Gasteiger charge is 2.33. The number of carboxylic acids is 1. The molecule has 1 fully saturated rings. The zero-order chi connectivity index (χ0) is 17.0. The van der Waals surface area contributed by atoms with Gasteiger partial charge in [0.15, 0.2) is 0 Å². The van der Waals surface area contributed by atoms with Crippen LogP contribution in [-0.4, -0.2) is 60.2 Å². The highest BCUT2D eigenvalue weighted by atomic mass is 16.5. The van der Waals surface area contributed by atoms with Crippen LogP contribution in [0.2, 0.25) is 0 Å². The van der Waals surface area contributed by atoms with Crippen molar-refractivity contribution in [3.63, 3.8) is 0 Å². The maximum absolute atomic E-state index is 11.9. The van der Waals surface area contributed by atoms with Gasteiger partial charge in [-0.2, -0.15) is 0 Å². The number of nitrogens with zero attached hydrogens (tertiary/aromatic N) is 2. The molecule has 0 amide bonds. The molecule has 1 aromatic carbocycles. The number of carboxylic acid groups (broad SMARTS) is 1. The fraction of sp³-hybridized carbons (Fsp3) is 0.611. The molecular formula is C18H28N2O3. The second-order valence-electron chi connectivity index (χ2n) is 6.75. The predicted octanol–water partition coefficient (Wildman–Crippen LogP) is 2.48. The summed E-state index contributed by atoms with van der Waals surface area (Å²) in [5.41, 5.74) is 0.779. The first-order chi connectivity index (χ1) is 10.9. The summed E-state index contributed by atoms with van der Waals surface area (Å²) in [7, 11) is 1.60. The molecule has 2 rings (SSSR count). The quantitative estimate of drug-likeness (QED) is 0.873. The molecule has 0 bridgehead atoms. The molecule has 0 radical (unpaired) electrons. The second kappa shape index (κ2) is 7.79. The van der Waals surface area contributed by atoms with Gasteiger partial charge in [0.05, 0.1) is 7.11 Å². The van der Waals surface area contributed by atoms with Crippen LogP contribution in [0.4, 0.5) is 0 Å². The van der Waals surface area contributed by atoms with E-state index in [1.165, 1.54) is 0 Å². The molecule has 2 unspecified atom stereocenters. The van der Waals surface area contributed by atoms with Crippen molar-refractivity contribution in [1.82, 2.24) is 9.80 Å². The van der Waals surface area contributed by atoms with Crippen molar-refractivity contribution in [2.45, 2.75) is 32.9 Å². The highest BCUT2D eigenvalue weighted by Crippen LogP contribution is 2.27. The first kappa shape index (κ1) is 17.8. The van der Waals surface area contributed by atoms with Crippen molar-refractivity contribution in [2.24, 2.45) is 5.92 Å². The number of piperazine rings is 1. The Balaban J connectivity index is 2.15. The minimum Gasteiger partial charge on any atom is -0.497 e. The molecule has 0 aliphatic carbocycles. The lowest BCUT2D eigenvalue weighted by molar-refractivity contribution is -0.145. The van der Waals surface area contributed by atoms with Crippen LogP contribution in [0.3, 0.4) is 0 Å². The Hall–Kier alpha value is -1.59. The van der Waals surface area contributed by atoms with Crippen LogP contribution in [0.5, 0.6) is 5.75 Å². The molecule has 2 atom stereocenters. The number of benzene rings is 1. The molecule has 1 aliphatic rings. The van der Waals surface area contributed by atoms with E-state index < -0.39 is 12.0 Å². The molecule has 1 saturated heterocycles. The van der Waals surface area contributed by atoms with E-state index in [-0.39, 0.29) is 0 Å². The SMILES string of the molecule is COc1cccc(C(C(=O)O)N2CCN(CC(C)C)C(C)C2)c1. The first-order valence-corrected chi connectivity index (χ1v) is 8.27. The summed E-state index contributed by atoms with van der Waals surface area (Å²) in [5.74, 6) is 0.515. The summed E-state index contributed by atoms with van der Waals surface area (Å²) in [6, 6.07) is 7.12. The zero-order valence-corrected chi connectivity index (χ0v) is 14.5. The molecule has 23 heavy (non-hydrogen) atoms. The van der Waals surface area contributed by atoms with Crippen LogP contribution in [0.15, 0.2) is 24.3 Å². The van der Waals surface area contributed by atoms with Crippen molar-refractivity contribution in [2.75, 3.05) is 33.3 Å². The molecule has 1 heterocycles. The monoisotopic (exact) mass is 320 g/mol. The van der Waals surface area contributed by atoms with Gasteiger partial charge in [0, 0.05) is 32.2 Å². The lowest BCUT2D eigenvalue weighted by atomic mass is 10.0. The van der Waals surface area contributed by atoms with Crippen LogP contribution in [-0.2, 0) is 4.79 Å². The lowest BCUT2D eigenvalue weighted by Crippen LogP contribution is -2.54. The Kier molecular flexibility index (Phi) is 6.02. The average Bonchev–Trinajstić information content (AvgIpc) is 2.49. The van der Waals surface area contributed by atoms with Crippen LogP contribution in [0, 0.1) is 5.92 Å². The molecular weight excluding hydrogens is 292 g/mol. The minimum absolute atomic E-state index is 0.360. The van der Waals surface area contributed by atoms with Gasteiger partial charge in [-0.3, -0.25) is 14.6 Å². The number of carbonyl (C=O) groups is 1.